The molecule has 0 saturated carbocycles. The molecular weight excluding hydrogens is 210 g/mol. The van der Waals surface area contributed by atoms with Crippen molar-refractivity contribution >= 4 is 5.97 Å². The molecule has 0 bridgehead atoms. The van der Waals surface area contributed by atoms with Crippen molar-refractivity contribution in [2.75, 3.05) is 13.2 Å². The van der Waals surface area contributed by atoms with Crippen molar-refractivity contribution < 1.29 is 19.7 Å². The third kappa shape index (κ3) is 2.71. The number of carbonyl (C=O) groups excluding carboxylic acids is 1. The molecule has 1 rings (SSSR count). The highest BCUT2D eigenvalue weighted by molar-refractivity contribution is 5.89. The number of hydrogen-bond acceptors (Lipinski definition) is 5. The summed E-state index contributed by atoms with van der Waals surface area (Å²) in [6.45, 7) is 1.68. The van der Waals surface area contributed by atoms with E-state index in [0.717, 1.165) is 0 Å². The van der Waals surface area contributed by atoms with E-state index in [-0.39, 0.29) is 19.0 Å². The van der Waals surface area contributed by atoms with Crippen molar-refractivity contribution in [3.05, 3.63) is 29.3 Å². The van der Waals surface area contributed by atoms with Crippen molar-refractivity contribution in [3.8, 4) is 5.75 Å². The predicted octanol–water partition coefficient (Wildman–Crippen LogP) is 0.561. The summed E-state index contributed by atoms with van der Waals surface area (Å²) in [5, 5.41) is 18.4. The molecule has 5 nitrogen and oxygen atoms in total. The fourth-order valence-electron chi connectivity index (χ4n) is 1.29. The van der Waals surface area contributed by atoms with E-state index in [9.17, 15) is 9.90 Å². The maximum atomic E-state index is 11.4. The number of nitrogens with two attached hydrogens (primary N) is 1. The average Bonchev–Trinajstić information content (AvgIpc) is 2.29. The highest BCUT2D eigenvalue weighted by Crippen LogP contribution is 2.24. The summed E-state index contributed by atoms with van der Waals surface area (Å²) >= 11 is 0. The molecule has 0 amide bonds. The zero-order valence-corrected chi connectivity index (χ0v) is 9.01. The molecule has 0 saturated heterocycles. The van der Waals surface area contributed by atoms with Gasteiger partial charge in [0.25, 0.3) is 0 Å². The van der Waals surface area contributed by atoms with Crippen LogP contribution in [-0.4, -0.2) is 29.4 Å². The quantitative estimate of drug-likeness (QED) is 0.651. The molecule has 0 aromatic heterocycles. The van der Waals surface area contributed by atoms with Gasteiger partial charge in [-0.2, -0.15) is 0 Å². The molecule has 1 aromatic rings. The van der Waals surface area contributed by atoms with Crippen molar-refractivity contribution in [2.24, 2.45) is 5.73 Å². The van der Waals surface area contributed by atoms with Gasteiger partial charge in [-0.3, -0.25) is 0 Å². The fourth-order valence-corrected chi connectivity index (χ4v) is 1.29. The summed E-state index contributed by atoms with van der Waals surface area (Å²) in [5.74, 6) is -0.525. The van der Waals surface area contributed by atoms with Crippen LogP contribution in [0.25, 0.3) is 0 Å². The molecule has 0 fully saturated rings. The van der Waals surface area contributed by atoms with Crippen LogP contribution in [0.3, 0.4) is 0 Å². The van der Waals surface area contributed by atoms with Gasteiger partial charge in [0.15, 0.2) is 0 Å². The van der Waals surface area contributed by atoms with Crippen LogP contribution in [-0.2, 0) is 4.74 Å². The van der Waals surface area contributed by atoms with Gasteiger partial charge in [0, 0.05) is 5.56 Å². The fraction of sp³-hybridized carbons (Fsp3) is 0.364. The van der Waals surface area contributed by atoms with Gasteiger partial charge in [-0.25, -0.2) is 4.79 Å². The molecule has 0 radical (unpaired) electrons. The Balaban J connectivity index is 3.02. The lowest BCUT2D eigenvalue weighted by Gasteiger charge is -2.12. The average molecular weight is 225 g/mol. The van der Waals surface area contributed by atoms with Gasteiger partial charge >= 0.3 is 5.97 Å². The van der Waals surface area contributed by atoms with Crippen LogP contribution < -0.4 is 5.73 Å². The number of ether oxygens (including phenoxy) is 1. The van der Waals surface area contributed by atoms with E-state index >= 15 is 0 Å². The van der Waals surface area contributed by atoms with E-state index in [1.807, 2.05) is 0 Å². The first-order valence-corrected chi connectivity index (χ1v) is 4.96. The Morgan fingerprint density at radius 1 is 1.56 bits per heavy atom. The monoisotopic (exact) mass is 225 g/mol. The lowest BCUT2D eigenvalue weighted by Crippen LogP contribution is -2.15. The summed E-state index contributed by atoms with van der Waals surface area (Å²) in [6.07, 6.45) is 0. The molecule has 1 atom stereocenters. The molecular formula is C11H15NO4. The molecule has 0 aliphatic heterocycles. The molecule has 0 spiro atoms. The lowest BCUT2D eigenvalue weighted by molar-refractivity contribution is 0.0526. The predicted molar refractivity (Wildman–Crippen MR) is 58.1 cm³/mol. The van der Waals surface area contributed by atoms with Crippen molar-refractivity contribution in [1.29, 1.82) is 0 Å². The highest BCUT2D eigenvalue weighted by atomic mass is 16.5. The number of aliphatic hydroxyl groups excluding tert-OH is 1. The number of aromatic hydroxyl groups is 1. The molecule has 0 aliphatic rings. The summed E-state index contributed by atoms with van der Waals surface area (Å²) < 4.78 is 4.81. The standard InChI is InChI=1S/C11H15NO4/c1-2-16-11(15)7-3-4-10(14)8(5-7)9(12)6-13/h3-5,9,13-14H,2,6,12H2,1H3/t9-/m1/s1. The summed E-state index contributed by atoms with van der Waals surface area (Å²) in [6, 6.07) is 3.51. The van der Waals surface area contributed by atoms with Gasteiger partial charge in [-0.15, -0.1) is 0 Å². The maximum absolute atomic E-state index is 11.4. The second-order valence-electron chi connectivity index (χ2n) is 3.28. The number of phenols is 1. The Kier molecular flexibility index (Phi) is 4.28. The molecule has 1 aromatic carbocycles. The number of carbonyl (C=O) groups is 1. The minimum Gasteiger partial charge on any atom is -0.508 e. The van der Waals surface area contributed by atoms with Crippen LogP contribution in [0.4, 0.5) is 0 Å². The number of rotatable bonds is 4. The Bertz CT molecular complexity index is 378. The number of esters is 1. The molecule has 0 unspecified atom stereocenters. The first-order valence-electron chi connectivity index (χ1n) is 4.96. The third-order valence-electron chi connectivity index (χ3n) is 2.13. The Morgan fingerprint density at radius 3 is 2.81 bits per heavy atom. The minimum atomic E-state index is -0.714. The SMILES string of the molecule is CCOC(=O)c1ccc(O)c([C@H](N)CO)c1. The van der Waals surface area contributed by atoms with Gasteiger partial charge in [0.1, 0.15) is 5.75 Å². The number of benzene rings is 1. The van der Waals surface area contributed by atoms with Crippen LogP contribution in [0.2, 0.25) is 0 Å². The van der Waals surface area contributed by atoms with E-state index < -0.39 is 12.0 Å². The molecule has 0 aliphatic carbocycles. The molecule has 16 heavy (non-hydrogen) atoms. The van der Waals surface area contributed by atoms with E-state index in [1.165, 1.54) is 18.2 Å². The number of aliphatic hydroxyl groups is 1. The van der Waals surface area contributed by atoms with E-state index in [2.05, 4.69) is 0 Å². The van der Waals surface area contributed by atoms with Gasteiger partial charge < -0.3 is 20.7 Å². The third-order valence-corrected chi connectivity index (χ3v) is 2.13. The Labute approximate surface area is 93.5 Å². The number of hydrogen-bond donors (Lipinski definition) is 3. The molecule has 0 heterocycles. The van der Waals surface area contributed by atoms with Gasteiger partial charge in [-0.1, -0.05) is 0 Å². The lowest BCUT2D eigenvalue weighted by atomic mass is 10.0. The molecule has 5 heteroatoms. The van der Waals surface area contributed by atoms with Crippen molar-refractivity contribution in [3.63, 3.8) is 0 Å². The van der Waals surface area contributed by atoms with Gasteiger partial charge in [0.05, 0.1) is 24.8 Å². The summed E-state index contributed by atoms with van der Waals surface area (Å²) in [5.41, 5.74) is 6.21. The van der Waals surface area contributed by atoms with E-state index in [0.29, 0.717) is 11.1 Å². The van der Waals surface area contributed by atoms with E-state index in [1.54, 1.807) is 6.92 Å². The van der Waals surface area contributed by atoms with Crippen LogP contribution >= 0.6 is 0 Å². The summed E-state index contributed by atoms with van der Waals surface area (Å²) in [4.78, 5) is 11.4. The van der Waals surface area contributed by atoms with Crippen molar-refractivity contribution in [2.45, 2.75) is 13.0 Å². The van der Waals surface area contributed by atoms with Crippen LogP contribution in [0, 0.1) is 0 Å². The second kappa shape index (κ2) is 5.48. The minimum absolute atomic E-state index is 0.0467. The normalized spacial score (nSPS) is 12.2. The Hall–Kier alpha value is -1.59. The first-order chi connectivity index (χ1) is 7.60. The summed E-state index contributed by atoms with van der Waals surface area (Å²) in [7, 11) is 0. The zero-order valence-electron chi connectivity index (χ0n) is 9.01. The highest BCUT2D eigenvalue weighted by Gasteiger charge is 2.14. The van der Waals surface area contributed by atoms with Crippen molar-refractivity contribution in [1.82, 2.24) is 0 Å². The van der Waals surface area contributed by atoms with Crippen LogP contribution in [0.5, 0.6) is 5.75 Å². The largest absolute Gasteiger partial charge is 0.508 e. The number of phenolic OH excluding ortho intramolecular Hbond substituents is 1. The first kappa shape index (κ1) is 12.5. The van der Waals surface area contributed by atoms with E-state index in [4.69, 9.17) is 15.6 Å². The Morgan fingerprint density at radius 2 is 2.25 bits per heavy atom. The van der Waals surface area contributed by atoms with Crippen LogP contribution in [0.15, 0.2) is 18.2 Å². The smallest absolute Gasteiger partial charge is 0.338 e. The topological polar surface area (TPSA) is 92.8 Å². The van der Waals surface area contributed by atoms with Crippen LogP contribution in [0.1, 0.15) is 28.9 Å². The van der Waals surface area contributed by atoms with Gasteiger partial charge in [-0.05, 0) is 25.1 Å². The molecule has 4 N–H and O–H groups in total. The second-order valence-corrected chi connectivity index (χ2v) is 3.28. The molecule has 88 valence electrons. The maximum Gasteiger partial charge on any atom is 0.338 e. The zero-order chi connectivity index (χ0) is 12.1. The van der Waals surface area contributed by atoms with Gasteiger partial charge in [0.2, 0.25) is 0 Å².